The number of rotatable bonds is 5. The summed E-state index contributed by atoms with van der Waals surface area (Å²) in [5, 5.41) is 19.1. The Bertz CT molecular complexity index is 679. The van der Waals surface area contributed by atoms with Crippen molar-refractivity contribution in [2.75, 3.05) is 0 Å². The zero-order chi connectivity index (χ0) is 14.5. The monoisotopic (exact) mass is 308 g/mol. The maximum Gasteiger partial charge on any atom is 0.309 e. The Morgan fingerprint density at radius 1 is 1.50 bits per heavy atom. The number of hydrogen-bond donors (Lipinski definition) is 1. The van der Waals surface area contributed by atoms with E-state index in [4.69, 9.17) is 10.4 Å². The summed E-state index contributed by atoms with van der Waals surface area (Å²) in [6, 6.07) is 6.09. The Morgan fingerprint density at radius 3 is 3.00 bits per heavy atom. The van der Waals surface area contributed by atoms with E-state index in [9.17, 15) is 9.18 Å². The number of thioether (sulfide) groups is 1. The molecule has 2 rings (SSSR count). The molecule has 0 saturated carbocycles. The van der Waals surface area contributed by atoms with E-state index in [1.54, 1.807) is 11.4 Å². The lowest BCUT2D eigenvalue weighted by Crippen LogP contribution is -1.99. The van der Waals surface area contributed by atoms with Gasteiger partial charge in [0.05, 0.1) is 23.7 Å². The van der Waals surface area contributed by atoms with Gasteiger partial charge in [-0.05, 0) is 23.8 Å². The van der Waals surface area contributed by atoms with Crippen LogP contribution in [0.3, 0.4) is 0 Å². The van der Waals surface area contributed by atoms with Gasteiger partial charge < -0.3 is 5.11 Å². The minimum atomic E-state index is -0.921. The van der Waals surface area contributed by atoms with E-state index in [-0.39, 0.29) is 12.0 Å². The molecule has 0 unspecified atom stereocenters. The van der Waals surface area contributed by atoms with Gasteiger partial charge in [0.15, 0.2) is 0 Å². The van der Waals surface area contributed by atoms with Gasteiger partial charge in [-0.25, -0.2) is 9.37 Å². The highest BCUT2D eigenvalue weighted by molar-refractivity contribution is 8.00. The molecule has 0 fully saturated rings. The number of carbonyl (C=O) groups is 1. The van der Waals surface area contributed by atoms with Crippen LogP contribution in [-0.2, 0) is 17.0 Å². The van der Waals surface area contributed by atoms with E-state index in [0.29, 0.717) is 17.0 Å². The van der Waals surface area contributed by atoms with Crippen molar-refractivity contribution in [2.24, 2.45) is 0 Å². The van der Waals surface area contributed by atoms with E-state index < -0.39 is 11.8 Å². The molecular weight excluding hydrogens is 299 g/mol. The smallest absolute Gasteiger partial charge is 0.309 e. The summed E-state index contributed by atoms with van der Waals surface area (Å²) in [5.74, 6) is -0.882. The first-order valence-electron chi connectivity index (χ1n) is 5.55. The zero-order valence-corrected chi connectivity index (χ0v) is 11.8. The number of nitrogens with zero attached hydrogens (tertiary/aromatic N) is 2. The molecule has 0 bridgehead atoms. The third-order valence-electron chi connectivity index (χ3n) is 2.31. The van der Waals surface area contributed by atoms with Crippen molar-refractivity contribution in [2.45, 2.75) is 16.5 Å². The minimum Gasteiger partial charge on any atom is -0.481 e. The van der Waals surface area contributed by atoms with Crippen LogP contribution in [0.25, 0.3) is 0 Å². The fourth-order valence-electron chi connectivity index (χ4n) is 1.53. The van der Waals surface area contributed by atoms with E-state index in [1.165, 1.54) is 35.2 Å². The van der Waals surface area contributed by atoms with Gasteiger partial charge in [-0.3, -0.25) is 4.79 Å². The van der Waals surface area contributed by atoms with Crippen molar-refractivity contribution >= 4 is 29.1 Å². The van der Waals surface area contributed by atoms with Gasteiger partial charge in [0.25, 0.3) is 0 Å². The van der Waals surface area contributed by atoms with Gasteiger partial charge in [-0.1, -0.05) is 11.8 Å². The highest BCUT2D eigenvalue weighted by Gasteiger charge is 2.07. The Morgan fingerprint density at radius 2 is 2.30 bits per heavy atom. The number of aromatic nitrogens is 1. The molecule has 20 heavy (non-hydrogen) atoms. The predicted octanol–water partition coefficient (Wildman–Crippen LogP) is 3.07. The van der Waals surface area contributed by atoms with Crippen molar-refractivity contribution in [3.8, 4) is 6.07 Å². The maximum absolute atomic E-state index is 13.2. The van der Waals surface area contributed by atoms with E-state index in [2.05, 4.69) is 4.98 Å². The molecule has 0 aliphatic carbocycles. The van der Waals surface area contributed by atoms with Crippen molar-refractivity contribution in [1.29, 1.82) is 5.26 Å². The molecule has 0 spiro atoms. The van der Waals surface area contributed by atoms with Gasteiger partial charge in [0.1, 0.15) is 10.2 Å². The van der Waals surface area contributed by atoms with Gasteiger partial charge in [-0.2, -0.15) is 5.26 Å². The minimum absolute atomic E-state index is 0.102. The van der Waals surface area contributed by atoms with Crippen LogP contribution >= 0.6 is 23.1 Å². The first kappa shape index (κ1) is 14.5. The number of hydrogen-bond acceptors (Lipinski definition) is 5. The number of halogens is 1. The molecule has 0 amide bonds. The van der Waals surface area contributed by atoms with Crippen LogP contribution in [0.2, 0.25) is 0 Å². The van der Waals surface area contributed by atoms with Crippen LogP contribution in [0.4, 0.5) is 4.39 Å². The summed E-state index contributed by atoms with van der Waals surface area (Å²) < 4.78 is 14.0. The normalized spacial score (nSPS) is 10.2. The van der Waals surface area contributed by atoms with Crippen LogP contribution in [0, 0.1) is 17.1 Å². The molecule has 7 heteroatoms. The third kappa shape index (κ3) is 4.05. The summed E-state index contributed by atoms with van der Waals surface area (Å²) in [5.41, 5.74) is 1.50. The van der Waals surface area contributed by atoms with Crippen molar-refractivity contribution in [1.82, 2.24) is 4.98 Å². The maximum atomic E-state index is 13.2. The zero-order valence-electron chi connectivity index (χ0n) is 10.2. The van der Waals surface area contributed by atoms with Crippen LogP contribution < -0.4 is 0 Å². The Hall–Kier alpha value is -1.91. The molecule has 4 nitrogen and oxygen atoms in total. The van der Waals surface area contributed by atoms with Crippen LogP contribution in [0.5, 0.6) is 0 Å². The summed E-state index contributed by atoms with van der Waals surface area (Å²) in [6.07, 6.45) is -0.102. The highest BCUT2D eigenvalue weighted by Crippen LogP contribution is 2.27. The van der Waals surface area contributed by atoms with Crippen LogP contribution in [-0.4, -0.2) is 16.1 Å². The topological polar surface area (TPSA) is 74.0 Å². The molecular formula is C13H9FN2O2S2. The lowest BCUT2D eigenvalue weighted by Gasteiger charge is -2.00. The lowest BCUT2D eigenvalue weighted by atomic mass is 10.1. The average molecular weight is 308 g/mol. The molecule has 1 aromatic carbocycles. The molecule has 1 heterocycles. The van der Waals surface area contributed by atoms with Crippen LogP contribution in [0.1, 0.15) is 16.8 Å². The van der Waals surface area contributed by atoms with Crippen LogP contribution in [0.15, 0.2) is 27.9 Å². The Labute approximate surface area is 122 Å². The summed E-state index contributed by atoms with van der Waals surface area (Å²) in [7, 11) is 0. The largest absolute Gasteiger partial charge is 0.481 e. The number of thiazole rings is 1. The fourth-order valence-corrected chi connectivity index (χ4v) is 3.31. The summed E-state index contributed by atoms with van der Waals surface area (Å²) >= 11 is 2.74. The summed E-state index contributed by atoms with van der Waals surface area (Å²) in [4.78, 5) is 14.7. The number of benzene rings is 1. The van der Waals surface area contributed by atoms with Gasteiger partial charge in [-0.15, -0.1) is 11.3 Å². The SMILES string of the molecule is N#Cc1cc(F)cc(CSc2nc(CC(=O)O)cs2)c1. The standard InChI is InChI=1S/C13H9FN2O2S2/c14-10-2-8(5-15)1-9(3-10)6-19-13-16-11(7-20-13)4-12(17)18/h1-3,7H,4,6H2,(H,17,18). The molecule has 0 aliphatic heterocycles. The molecule has 0 atom stereocenters. The molecule has 0 radical (unpaired) electrons. The molecule has 102 valence electrons. The summed E-state index contributed by atoms with van der Waals surface area (Å²) in [6.45, 7) is 0. The number of carboxylic acid groups (broad SMARTS) is 1. The predicted molar refractivity (Wildman–Crippen MR) is 74.1 cm³/mol. The second-order valence-corrected chi connectivity index (χ2v) is 6.00. The quantitative estimate of drug-likeness (QED) is 0.859. The highest BCUT2D eigenvalue weighted by atomic mass is 32.2. The number of carboxylic acids is 1. The van der Waals surface area contributed by atoms with Crippen molar-refractivity contribution in [3.63, 3.8) is 0 Å². The first-order chi connectivity index (χ1) is 9.56. The lowest BCUT2D eigenvalue weighted by molar-refractivity contribution is -0.136. The third-order valence-corrected chi connectivity index (χ3v) is 4.45. The van der Waals surface area contributed by atoms with E-state index in [1.807, 2.05) is 6.07 Å². The Kier molecular flexibility index (Phi) is 4.71. The molecule has 0 aliphatic rings. The van der Waals surface area contributed by atoms with Gasteiger partial charge in [0, 0.05) is 11.1 Å². The fraction of sp³-hybridized carbons (Fsp3) is 0.154. The van der Waals surface area contributed by atoms with E-state index >= 15 is 0 Å². The Balaban J connectivity index is 2.02. The van der Waals surface area contributed by atoms with Crippen molar-refractivity contribution < 1.29 is 14.3 Å². The average Bonchev–Trinajstić information content (AvgIpc) is 2.82. The molecule has 1 aromatic heterocycles. The molecule has 2 aromatic rings. The van der Waals surface area contributed by atoms with Gasteiger partial charge >= 0.3 is 5.97 Å². The number of aliphatic carboxylic acids is 1. The second kappa shape index (κ2) is 6.50. The molecule has 0 saturated heterocycles. The van der Waals surface area contributed by atoms with Crippen molar-refractivity contribution in [3.05, 3.63) is 46.2 Å². The molecule has 1 N–H and O–H groups in total. The number of nitriles is 1. The second-order valence-electron chi connectivity index (χ2n) is 3.92. The van der Waals surface area contributed by atoms with Gasteiger partial charge in [0.2, 0.25) is 0 Å². The van der Waals surface area contributed by atoms with E-state index in [0.717, 1.165) is 4.34 Å². The first-order valence-corrected chi connectivity index (χ1v) is 7.42.